The average molecular weight is 308 g/mol. The van der Waals surface area contributed by atoms with E-state index in [0.29, 0.717) is 0 Å². The molecule has 1 aliphatic rings. The molecule has 1 aliphatic heterocycles. The molecule has 1 saturated heterocycles. The van der Waals surface area contributed by atoms with Gasteiger partial charge in [0.05, 0.1) is 6.61 Å². The Balaban J connectivity index is 2.19. The molecule has 3 heterocycles. The van der Waals surface area contributed by atoms with Crippen molar-refractivity contribution in [2.24, 2.45) is 5.11 Å². The Morgan fingerprint density at radius 1 is 1.41 bits per heavy atom. The van der Waals surface area contributed by atoms with Crippen molar-refractivity contribution in [3.05, 3.63) is 16.8 Å². The van der Waals surface area contributed by atoms with Gasteiger partial charge in [-0.15, -0.1) is 0 Å². The van der Waals surface area contributed by atoms with Gasteiger partial charge in [0, 0.05) is 4.91 Å². The van der Waals surface area contributed by atoms with Crippen LogP contribution in [0.3, 0.4) is 0 Å². The van der Waals surface area contributed by atoms with Gasteiger partial charge in [0.2, 0.25) is 5.95 Å². The summed E-state index contributed by atoms with van der Waals surface area (Å²) in [5, 5.41) is 32.5. The molecule has 0 amide bonds. The Bertz CT molecular complexity index is 757. The van der Waals surface area contributed by atoms with Crippen LogP contribution in [-0.4, -0.2) is 59.8 Å². The fourth-order valence-electron chi connectivity index (χ4n) is 2.35. The van der Waals surface area contributed by atoms with Gasteiger partial charge in [0.25, 0.3) is 0 Å². The van der Waals surface area contributed by atoms with E-state index in [4.69, 9.17) is 21.1 Å². The molecule has 0 aromatic carbocycles. The molecular weight excluding hydrogens is 296 g/mol. The first kappa shape index (κ1) is 14.4. The second-order valence-corrected chi connectivity index (χ2v) is 4.63. The number of fused-ring (bicyclic) bond motifs is 1. The maximum absolute atomic E-state index is 10.1. The van der Waals surface area contributed by atoms with Crippen molar-refractivity contribution < 1.29 is 20.1 Å². The number of hydrogen-bond acceptors (Lipinski definition) is 9. The summed E-state index contributed by atoms with van der Waals surface area (Å²) in [6.07, 6.45) is -3.65. The summed E-state index contributed by atoms with van der Waals surface area (Å²) < 4.78 is 6.61. The summed E-state index contributed by atoms with van der Waals surface area (Å²) >= 11 is 0. The number of anilines is 1. The summed E-state index contributed by atoms with van der Waals surface area (Å²) in [4.78, 5) is 14.4. The van der Waals surface area contributed by atoms with E-state index >= 15 is 0 Å². The highest BCUT2D eigenvalue weighted by molar-refractivity contribution is 5.83. The summed E-state index contributed by atoms with van der Waals surface area (Å²) in [6, 6.07) is 0. The van der Waals surface area contributed by atoms with E-state index in [0.717, 1.165) is 0 Å². The van der Waals surface area contributed by atoms with Gasteiger partial charge in [-0.1, -0.05) is 0 Å². The number of azide groups is 1. The number of imidazole rings is 1. The lowest BCUT2D eigenvalue weighted by Crippen LogP contribution is -2.33. The fourth-order valence-corrected chi connectivity index (χ4v) is 2.35. The molecular formula is C10H12N8O4. The van der Waals surface area contributed by atoms with E-state index in [1.807, 2.05) is 0 Å². The van der Waals surface area contributed by atoms with Crippen LogP contribution in [0, 0.1) is 0 Å². The summed E-state index contributed by atoms with van der Waals surface area (Å²) in [5.74, 6) is -0.0931. The predicted molar refractivity (Wildman–Crippen MR) is 71.6 cm³/mol. The SMILES string of the molecule is [N-]=[N+]=Nc1nc2c(N)ncnc2n1[C@@H]1O[C@H](CO)[C@@H](O)[C@@H]1O. The Kier molecular flexibility index (Phi) is 3.52. The van der Waals surface area contributed by atoms with E-state index < -0.39 is 31.1 Å². The number of hydrogen-bond donors (Lipinski definition) is 4. The number of aromatic nitrogens is 4. The van der Waals surface area contributed by atoms with Crippen molar-refractivity contribution in [1.29, 1.82) is 0 Å². The van der Waals surface area contributed by atoms with Crippen LogP contribution in [0.4, 0.5) is 11.8 Å². The molecule has 0 radical (unpaired) electrons. The van der Waals surface area contributed by atoms with Crippen molar-refractivity contribution in [2.75, 3.05) is 12.3 Å². The molecule has 4 atom stereocenters. The normalized spacial score (nSPS) is 28.0. The third-order valence-electron chi connectivity index (χ3n) is 3.39. The molecule has 12 heteroatoms. The van der Waals surface area contributed by atoms with Crippen LogP contribution < -0.4 is 5.73 Å². The van der Waals surface area contributed by atoms with Crippen LogP contribution in [0.2, 0.25) is 0 Å². The molecule has 0 unspecified atom stereocenters. The number of rotatable bonds is 3. The molecule has 1 fully saturated rings. The second-order valence-electron chi connectivity index (χ2n) is 4.63. The molecule has 2 aromatic heterocycles. The summed E-state index contributed by atoms with van der Waals surface area (Å²) in [6.45, 7) is -0.491. The molecule has 3 rings (SSSR count). The first-order valence-electron chi connectivity index (χ1n) is 6.24. The van der Waals surface area contributed by atoms with Crippen LogP contribution in [0.15, 0.2) is 11.4 Å². The Hall–Kier alpha value is -2.50. The van der Waals surface area contributed by atoms with E-state index in [1.54, 1.807) is 0 Å². The average Bonchev–Trinajstić information content (AvgIpc) is 3.00. The van der Waals surface area contributed by atoms with Crippen molar-refractivity contribution in [3.63, 3.8) is 0 Å². The van der Waals surface area contributed by atoms with Gasteiger partial charge >= 0.3 is 0 Å². The lowest BCUT2D eigenvalue weighted by Gasteiger charge is -2.17. The van der Waals surface area contributed by atoms with E-state index in [2.05, 4.69) is 25.0 Å². The molecule has 5 N–H and O–H groups in total. The molecule has 116 valence electrons. The molecule has 0 bridgehead atoms. The van der Waals surface area contributed by atoms with Gasteiger partial charge < -0.3 is 25.8 Å². The van der Waals surface area contributed by atoms with Gasteiger partial charge in [0.15, 0.2) is 23.2 Å². The van der Waals surface area contributed by atoms with Crippen molar-refractivity contribution >= 4 is 22.9 Å². The minimum atomic E-state index is -1.38. The number of nitrogen functional groups attached to an aromatic ring is 1. The van der Waals surface area contributed by atoms with E-state index in [9.17, 15) is 10.2 Å². The number of aliphatic hydroxyl groups is 3. The largest absolute Gasteiger partial charge is 0.394 e. The predicted octanol–water partition coefficient (Wildman–Crippen LogP) is -1.04. The Morgan fingerprint density at radius 3 is 2.82 bits per heavy atom. The van der Waals surface area contributed by atoms with Gasteiger partial charge in [-0.2, -0.15) is 0 Å². The van der Waals surface area contributed by atoms with Gasteiger partial charge in [-0.05, 0) is 10.6 Å². The lowest BCUT2D eigenvalue weighted by atomic mass is 10.1. The first-order valence-corrected chi connectivity index (χ1v) is 6.24. The monoisotopic (exact) mass is 308 g/mol. The third-order valence-corrected chi connectivity index (χ3v) is 3.39. The van der Waals surface area contributed by atoms with E-state index in [1.165, 1.54) is 10.9 Å². The lowest BCUT2D eigenvalue weighted by molar-refractivity contribution is -0.0502. The standard InChI is InChI=1S/C10H12N8O4/c11-7-4-8(14-2-13-7)18(10(15-4)16-17-12)9-6(21)5(20)3(1-19)22-9/h2-3,5-6,9,19-21H,1H2,(H2,11,13,14)/t3-,5-,6+,9-/m1/s1. The smallest absolute Gasteiger partial charge is 0.201 e. The quantitative estimate of drug-likeness (QED) is 0.314. The highest BCUT2D eigenvalue weighted by Crippen LogP contribution is 2.35. The van der Waals surface area contributed by atoms with Gasteiger partial charge in [0.1, 0.15) is 24.6 Å². The maximum Gasteiger partial charge on any atom is 0.201 e. The zero-order valence-corrected chi connectivity index (χ0v) is 11.1. The van der Waals surface area contributed by atoms with Gasteiger partial charge in [-0.25, -0.2) is 15.0 Å². The third kappa shape index (κ3) is 2.03. The van der Waals surface area contributed by atoms with Crippen LogP contribution >= 0.6 is 0 Å². The van der Waals surface area contributed by atoms with Gasteiger partial charge in [-0.3, -0.25) is 4.57 Å². The van der Waals surface area contributed by atoms with E-state index in [-0.39, 0.29) is 22.9 Å². The minimum absolute atomic E-state index is 0.0601. The van der Waals surface area contributed by atoms with Crippen LogP contribution in [0.25, 0.3) is 21.6 Å². The highest BCUT2D eigenvalue weighted by atomic mass is 16.6. The highest BCUT2D eigenvalue weighted by Gasteiger charge is 2.44. The second kappa shape index (κ2) is 5.36. The topological polar surface area (TPSA) is 188 Å². The number of nitrogens with two attached hydrogens (primary N) is 1. The Labute approximate surface area is 122 Å². The van der Waals surface area contributed by atoms with Crippen molar-refractivity contribution in [1.82, 2.24) is 19.5 Å². The maximum atomic E-state index is 10.1. The van der Waals surface area contributed by atoms with Crippen LogP contribution in [0.1, 0.15) is 6.23 Å². The first-order chi connectivity index (χ1) is 10.6. The van der Waals surface area contributed by atoms with Crippen molar-refractivity contribution in [2.45, 2.75) is 24.5 Å². The molecule has 0 spiro atoms. The summed E-state index contributed by atoms with van der Waals surface area (Å²) in [7, 11) is 0. The fraction of sp³-hybridized carbons (Fsp3) is 0.500. The molecule has 22 heavy (non-hydrogen) atoms. The number of ether oxygens (including phenoxy) is 1. The molecule has 12 nitrogen and oxygen atoms in total. The Morgan fingerprint density at radius 2 is 2.18 bits per heavy atom. The molecule has 0 saturated carbocycles. The molecule has 2 aromatic rings. The minimum Gasteiger partial charge on any atom is -0.394 e. The number of nitrogens with zero attached hydrogens (tertiary/aromatic N) is 7. The van der Waals surface area contributed by atoms with Crippen LogP contribution in [-0.2, 0) is 4.74 Å². The molecule has 0 aliphatic carbocycles. The van der Waals surface area contributed by atoms with Crippen molar-refractivity contribution in [3.8, 4) is 0 Å². The number of aliphatic hydroxyl groups excluding tert-OH is 3. The zero-order chi connectivity index (χ0) is 15.9. The zero-order valence-electron chi connectivity index (χ0n) is 11.1. The van der Waals surface area contributed by atoms with Crippen LogP contribution in [0.5, 0.6) is 0 Å². The summed E-state index contributed by atoms with van der Waals surface area (Å²) in [5.41, 5.74) is 14.7.